The number of likely N-dealkylation sites (tertiary alicyclic amines) is 2. The van der Waals surface area contributed by atoms with Crippen molar-refractivity contribution in [1.29, 1.82) is 0 Å². The van der Waals surface area contributed by atoms with E-state index in [0.717, 1.165) is 51.9 Å². The second kappa shape index (κ2) is 6.47. The summed E-state index contributed by atoms with van der Waals surface area (Å²) >= 11 is 12.5. The van der Waals surface area contributed by atoms with Crippen molar-refractivity contribution in [2.75, 3.05) is 26.2 Å². The quantitative estimate of drug-likeness (QED) is 0.827. The molecule has 6 heteroatoms. The van der Waals surface area contributed by atoms with Crippen molar-refractivity contribution >= 4 is 35.0 Å². The summed E-state index contributed by atoms with van der Waals surface area (Å²) in [7, 11) is 0. The molecule has 1 aromatic carbocycles. The molecule has 0 spiro atoms. The van der Waals surface area contributed by atoms with Gasteiger partial charge in [0.05, 0.1) is 15.6 Å². The van der Waals surface area contributed by atoms with Crippen LogP contribution in [0.25, 0.3) is 0 Å². The summed E-state index contributed by atoms with van der Waals surface area (Å²) in [4.78, 5) is 28.4. The van der Waals surface area contributed by atoms with E-state index in [0.29, 0.717) is 11.1 Å². The highest BCUT2D eigenvalue weighted by molar-refractivity contribution is 6.40. The predicted octanol–water partition coefficient (Wildman–Crippen LogP) is 3.47. The van der Waals surface area contributed by atoms with Crippen molar-refractivity contribution < 1.29 is 9.59 Å². The first-order chi connectivity index (χ1) is 10.6. The zero-order valence-electron chi connectivity index (χ0n) is 12.3. The molecule has 118 valence electrons. The van der Waals surface area contributed by atoms with E-state index in [4.69, 9.17) is 23.2 Å². The Morgan fingerprint density at radius 2 is 1.18 bits per heavy atom. The van der Waals surface area contributed by atoms with Gasteiger partial charge in [-0.3, -0.25) is 9.59 Å². The Kier molecular flexibility index (Phi) is 4.59. The summed E-state index contributed by atoms with van der Waals surface area (Å²) in [5, 5.41) is 0.513. The maximum atomic E-state index is 12.5. The van der Waals surface area contributed by atoms with Gasteiger partial charge in [0.15, 0.2) is 0 Å². The maximum Gasteiger partial charge on any atom is 0.256 e. The molecule has 0 aliphatic carbocycles. The summed E-state index contributed by atoms with van der Waals surface area (Å²) in [5.41, 5.74) is 0.762. The first kappa shape index (κ1) is 15.6. The molecule has 1 aromatic rings. The standard InChI is InChI=1S/C16H18Cl2N2O2/c17-12-9-11(15(21)19-5-1-2-6-19)10-13(18)14(12)16(22)20-7-3-4-8-20/h9-10H,1-8H2. The molecule has 2 saturated heterocycles. The summed E-state index contributed by atoms with van der Waals surface area (Å²) < 4.78 is 0. The number of hydrogen-bond acceptors (Lipinski definition) is 2. The molecule has 0 unspecified atom stereocenters. The molecule has 0 aromatic heterocycles. The minimum absolute atomic E-state index is 0.0681. The molecule has 3 rings (SSSR count). The summed E-state index contributed by atoms with van der Waals surface area (Å²) in [6.45, 7) is 3.00. The van der Waals surface area contributed by atoms with E-state index in [9.17, 15) is 9.59 Å². The molecule has 2 aliphatic heterocycles. The maximum absolute atomic E-state index is 12.5. The van der Waals surface area contributed by atoms with Crippen molar-refractivity contribution in [1.82, 2.24) is 9.80 Å². The van der Waals surface area contributed by atoms with Gasteiger partial charge in [0.1, 0.15) is 0 Å². The van der Waals surface area contributed by atoms with Crippen LogP contribution in [0.1, 0.15) is 46.4 Å². The number of nitrogens with zero attached hydrogens (tertiary/aromatic N) is 2. The molecule has 0 saturated carbocycles. The third kappa shape index (κ3) is 2.95. The molecule has 2 amide bonds. The van der Waals surface area contributed by atoms with Gasteiger partial charge in [-0.1, -0.05) is 23.2 Å². The third-order valence-corrected chi connectivity index (χ3v) is 4.89. The summed E-state index contributed by atoms with van der Waals surface area (Å²) in [5.74, 6) is -0.214. The lowest BCUT2D eigenvalue weighted by atomic mass is 10.1. The Morgan fingerprint density at radius 1 is 0.773 bits per heavy atom. The van der Waals surface area contributed by atoms with Gasteiger partial charge in [0, 0.05) is 31.7 Å². The molecule has 4 nitrogen and oxygen atoms in total. The van der Waals surface area contributed by atoms with Gasteiger partial charge in [0.2, 0.25) is 0 Å². The Bertz CT molecular complexity index is 583. The van der Waals surface area contributed by atoms with Gasteiger partial charge in [-0.25, -0.2) is 0 Å². The van der Waals surface area contributed by atoms with Gasteiger partial charge < -0.3 is 9.80 Å². The van der Waals surface area contributed by atoms with Crippen LogP contribution in [0.3, 0.4) is 0 Å². The fourth-order valence-corrected chi connectivity index (χ4v) is 3.73. The van der Waals surface area contributed by atoms with E-state index in [1.165, 1.54) is 0 Å². The average Bonchev–Trinajstić information content (AvgIpc) is 3.18. The fourth-order valence-electron chi connectivity index (χ4n) is 3.08. The van der Waals surface area contributed by atoms with Crippen LogP contribution in [-0.2, 0) is 0 Å². The van der Waals surface area contributed by atoms with Crippen molar-refractivity contribution in [2.24, 2.45) is 0 Å². The lowest BCUT2D eigenvalue weighted by Crippen LogP contribution is -2.29. The minimum atomic E-state index is -0.146. The van der Waals surface area contributed by atoms with Crippen LogP contribution >= 0.6 is 23.2 Å². The van der Waals surface area contributed by atoms with Crippen LogP contribution < -0.4 is 0 Å². The molecule has 0 bridgehead atoms. The number of amides is 2. The molecule has 0 radical (unpaired) electrons. The molecule has 0 N–H and O–H groups in total. The Labute approximate surface area is 140 Å². The fraction of sp³-hybridized carbons (Fsp3) is 0.500. The number of carbonyl (C=O) groups is 2. The van der Waals surface area contributed by atoms with Gasteiger partial charge in [0.25, 0.3) is 11.8 Å². The average molecular weight is 341 g/mol. The second-order valence-electron chi connectivity index (χ2n) is 5.81. The second-order valence-corrected chi connectivity index (χ2v) is 6.63. The predicted molar refractivity (Wildman–Crippen MR) is 86.7 cm³/mol. The van der Waals surface area contributed by atoms with Crippen molar-refractivity contribution in [3.63, 3.8) is 0 Å². The number of rotatable bonds is 2. The molecule has 22 heavy (non-hydrogen) atoms. The van der Waals surface area contributed by atoms with E-state index in [1.54, 1.807) is 21.9 Å². The van der Waals surface area contributed by atoms with Crippen LogP contribution in [-0.4, -0.2) is 47.8 Å². The minimum Gasteiger partial charge on any atom is -0.339 e. The van der Waals surface area contributed by atoms with Gasteiger partial charge in [-0.15, -0.1) is 0 Å². The first-order valence-corrected chi connectivity index (χ1v) is 8.41. The van der Waals surface area contributed by atoms with E-state index in [2.05, 4.69) is 0 Å². The van der Waals surface area contributed by atoms with Crippen LogP contribution in [0.5, 0.6) is 0 Å². The topological polar surface area (TPSA) is 40.6 Å². The molecule has 0 atom stereocenters. The van der Waals surface area contributed by atoms with Crippen molar-refractivity contribution in [3.8, 4) is 0 Å². The monoisotopic (exact) mass is 340 g/mol. The molecular weight excluding hydrogens is 323 g/mol. The Hall–Kier alpha value is -1.26. The van der Waals surface area contributed by atoms with Crippen LogP contribution in [0, 0.1) is 0 Å². The Morgan fingerprint density at radius 3 is 1.64 bits per heavy atom. The Balaban J connectivity index is 1.87. The molecular formula is C16H18Cl2N2O2. The lowest BCUT2D eigenvalue weighted by molar-refractivity contribution is 0.0781. The molecule has 2 heterocycles. The largest absolute Gasteiger partial charge is 0.339 e. The smallest absolute Gasteiger partial charge is 0.256 e. The zero-order valence-corrected chi connectivity index (χ0v) is 13.8. The number of carbonyl (C=O) groups excluding carboxylic acids is 2. The van der Waals surface area contributed by atoms with Crippen molar-refractivity contribution in [2.45, 2.75) is 25.7 Å². The summed E-state index contributed by atoms with van der Waals surface area (Å²) in [6.07, 6.45) is 4.07. The number of hydrogen-bond donors (Lipinski definition) is 0. The SMILES string of the molecule is O=C(c1cc(Cl)c(C(=O)N2CCCC2)c(Cl)c1)N1CCCC1. The normalized spacial score (nSPS) is 18.1. The van der Waals surface area contributed by atoms with Crippen LogP contribution in [0.4, 0.5) is 0 Å². The van der Waals surface area contributed by atoms with Crippen molar-refractivity contribution in [3.05, 3.63) is 33.3 Å². The number of halogens is 2. The van der Waals surface area contributed by atoms with Gasteiger partial charge >= 0.3 is 0 Å². The molecule has 2 fully saturated rings. The van der Waals surface area contributed by atoms with E-state index in [1.807, 2.05) is 0 Å². The highest BCUT2D eigenvalue weighted by atomic mass is 35.5. The van der Waals surface area contributed by atoms with Gasteiger partial charge in [-0.05, 0) is 37.8 Å². The van der Waals surface area contributed by atoms with Gasteiger partial charge in [-0.2, -0.15) is 0 Å². The third-order valence-electron chi connectivity index (χ3n) is 4.29. The van der Waals surface area contributed by atoms with Crippen LogP contribution in [0.15, 0.2) is 12.1 Å². The highest BCUT2D eigenvalue weighted by Crippen LogP contribution is 2.30. The van der Waals surface area contributed by atoms with E-state index < -0.39 is 0 Å². The van der Waals surface area contributed by atoms with E-state index in [-0.39, 0.29) is 21.9 Å². The number of benzene rings is 1. The zero-order chi connectivity index (χ0) is 15.7. The summed E-state index contributed by atoms with van der Waals surface area (Å²) in [6, 6.07) is 3.13. The molecule has 2 aliphatic rings. The highest BCUT2D eigenvalue weighted by Gasteiger charge is 2.26. The lowest BCUT2D eigenvalue weighted by Gasteiger charge is -2.19. The first-order valence-electron chi connectivity index (χ1n) is 7.65. The van der Waals surface area contributed by atoms with Crippen LogP contribution in [0.2, 0.25) is 10.0 Å². The van der Waals surface area contributed by atoms with E-state index >= 15 is 0 Å².